The smallest absolute Gasteiger partial charge is 0.182 e. The number of anilines is 3. The molecule has 0 spiro atoms. The molecule has 1 aromatic carbocycles. The monoisotopic (exact) mass is 292 g/mol. The van der Waals surface area contributed by atoms with Gasteiger partial charge in [-0.3, -0.25) is 0 Å². The predicted molar refractivity (Wildman–Crippen MR) is 80.0 cm³/mol. The highest BCUT2D eigenvalue weighted by atomic mass is 19.2. The van der Waals surface area contributed by atoms with E-state index in [4.69, 9.17) is 0 Å². The molecule has 0 fully saturated rings. The van der Waals surface area contributed by atoms with Gasteiger partial charge in [-0.15, -0.1) is 0 Å². The topological polar surface area (TPSA) is 49.8 Å². The lowest BCUT2D eigenvalue weighted by Crippen LogP contribution is -2.09. The Kier molecular flexibility index (Phi) is 4.35. The minimum Gasteiger partial charge on any atom is -0.373 e. The predicted octanol–water partition coefficient (Wildman–Crippen LogP) is 3.97. The second-order valence-electron chi connectivity index (χ2n) is 5.04. The summed E-state index contributed by atoms with van der Waals surface area (Å²) < 4.78 is 27.0. The molecule has 0 saturated carbocycles. The van der Waals surface area contributed by atoms with E-state index < -0.39 is 11.6 Å². The Hall–Kier alpha value is -2.24. The molecule has 0 amide bonds. The molecule has 0 aliphatic carbocycles. The molecule has 21 heavy (non-hydrogen) atoms. The second kappa shape index (κ2) is 6.03. The lowest BCUT2D eigenvalue weighted by atomic mass is 10.2. The zero-order valence-corrected chi connectivity index (χ0v) is 12.5. The third-order valence-corrected chi connectivity index (χ3v) is 3.12. The van der Waals surface area contributed by atoms with Crippen molar-refractivity contribution in [3.63, 3.8) is 0 Å². The summed E-state index contributed by atoms with van der Waals surface area (Å²) in [5.74, 6) is 0.0488. The van der Waals surface area contributed by atoms with Gasteiger partial charge in [-0.25, -0.2) is 18.7 Å². The molecule has 1 aromatic heterocycles. The van der Waals surface area contributed by atoms with Crippen LogP contribution < -0.4 is 10.6 Å². The maximum Gasteiger partial charge on any atom is 0.182 e. The van der Waals surface area contributed by atoms with E-state index >= 15 is 0 Å². The number of benzene rings is 1. The average molecular weight is 292 g/mol. The van der Waals surface area contributed by atoms with E-state index in [0.717, 1.165) is 11.6 Å². The van der Waals surface area contributed by atoms with Crippen LogP contribution in [0.1, 0.15) is 31.2 Å². The fourth-order valence-corrected chi connectivity index (χ4v) is 1.89. The molecular formula is C15H18F2N4. The Morgan fingerprint density at radius 2 is 1.76 bits per heavy atom. The van der Waals surface area contributed by atoms with Crippen LogP contribution >= 0.6 is 0 Å². The van der Waals surface area contributed by atoms with Gasteiger partial charge in [0.15, 0.2) is 11.6 Å². The highest BCUT2D eigenvalue weighted by Crippen LogP contribution is 2.27. The van der Waals surface area contributed by atoms with Crippen LogP contribution in [0.25, 0.3) is 0 Å². The maximum absolute atomic E-state index is 13.8. The van der Waals surface area contributed by atoms with Crippen molar-refractivity contribution in [2.45, 2.75) is 26.7 Å². The molecule has 6 heteroatoms. The Morgan fingerprint density at radius 1 is 1.10 bits per heavy atom. The SMILES string of the molecule is CNc1nc(C(C)C)nc(Nc2cccc(F)c2F)c1C. The van der Waals surface area contributed by atoms with Crippen molar-refractivity contribution < 1.29 is 8.78 Å². The quantitative estimate of drug-likeness (QED) is 0.895. The van der Waals surface area contributed by atoms with Crippen LogP contribution in [0.15, 0.2) is 18.2 Å². The summed E-state index contributed by atoms with van der Waals surface area (Å²) in [5.41, 5.74) is 0.791. The molecular weight excluding hydrogens is 274 g/mol. The van der Waals surface area contributed by atoms with Gasteiger partial charge in [0, 0.05) is 18.5 Å². The Labute approximate surface area is 122 Å². The van der Waals surface area contributed by atoms with Crippen molar-refractivity contribution in [3.05, 3.63) is 41.2 Å². The van der Waals surface area contributed by atoms with E-state index in [1.165, 1.54) is 12.1 Å². The molecule has 2 N–H and O–H groups in total. The van der Waals surface area contributed by atoms with Crippen LogP contribution in [0.2, 0.25) is 0 Å². The summed E-state index contributed by atoms with van der Waals surface area (Å²) in [6.45, 7) is 5.75. The van der Waals surface area contributed by atoms with Gasteiger partial charge in [-0.05, 0) is 19.1 Å². The van der Waals surface area contributed by atoms with Gasteiger partial charge in [0.2, 0.25) is 0 Å². The number of rotatable bonds is 4. The van der Waals surface area contributed by atoms with Gasteiger partial charge in [-0.2, -0.15) is 0 Å². The zero-order valence-electron chi connectivity index (χ0n) is 12.5. The molecule has 112 valence electrons. The summed E-state index contributed by atoms with van der Waals surface area (Å²) in [6.07, 6.45) is 0. The van der Waals surface area contributed by atoms with E-state index in [1.54, 1.807) is 7.05 Å². The van der Waals surface area contributed by atoms with Crippen LogP contribution in [-0.4, -0.2) is 17.0 Å². The molecule has 0 aliphatic heterocycles. The van der Waals surface area contributed by atoms with E-state index in [1.807, 2.05) is 20.8 Å². The number of nitrogens with zero attached hydrogens (tertiary/aromatic N) is 2. The van der Waals surface area contributed by atoms with E-state index in [0.29, 0.717) is 17.5 Å². The summed E-state index contributed by atoms with van der Waals surface area (Å²) in [7, 11) is 1.76. The summed E-state index contributed by atoms with van der Waals surface area (Å²) in [6, 6.07) is 3.99. The molecule has 0 bridgehead atoms. The van der Waals surface area contributed by atoms with Gasteiger partial charge < -0.3 is 10.6 Å². The van der Waals surface area contributed by atoms with E-state index in [-0.39, 0.29) is 11.6 Å². The highest BCUT2D eigenvalue weighted by Gasteiger charge is 2.15. The second-order valence-corrected chi connectivity index (χ2v) is 5.04. The normalized spacial score (nSPS) is 10.8. The van der Waals surface area contributed by atoms with Crippen molar-refractivity contribution in [1.82, 2.24) is 9.97 Å². The number of hydrogen-bond donors (Lipinski definition) is 2. The third kappa shape index (κ3) is 3.09. The Bertz CT molecular complexity index is 656. The van der Waals surface area contributed by atoms with Crippen molar-refractivity contribution in [2.75, 3.05) is 17.7 Å². The van der Waals surface area contributed by atoms with Crippen LogP contribution in [-0.2, 0) is 0 Å². The van der Waals surface area contributed by atoms with E-state index in [2.05, 4.69) is 20.6 Å². The van der Waals surface area contributed by atoms with Gasteiger partial charge in [0.25, 0.3) is 0 Å². The first-order valence-corrected chi connectivity index (χ1v) is 6.71. The van der Waals surface area contributed by atoms with Crippen LogP contribution in [0, 0.1) is 18.6 Å². The van der Waals surface area contributed by atoms with Gasteiger partial charge in [0.1, 0.15) is 17.5 Å². The lowest BCUT2D eigenvalue weighted by molar-refractivity contribution is 0.511. The first kappa shape index (κ1) is 15.2. The number of hydrogen-bond acceptors (Lipinski definition) is 4. The van der Waals surface area contributed by atoms with Crippen molar-refractivity contribution >= 4 is 17.3 Å². The molecule has 0 aliphatic rings. The molecule has 0 saturated heterocycles. The van der Waals surface area contributed by atoms with Gasteiger partial charge in [-0.1, -0.05) is 19.9 Å². The molecule has 0 radical (unpaired) electrons. The average Bonchev–Trinajstić information content (AvgIpc) is 2.45. The Balaban J connectivity index is 2.48. The van der Waals surface area contributed by atoms with Crippen molar-refractivity contribution in [2.24, 2.45) is 0 Å². The minimum absolute atomic E-state index is 0.0496. The molecule has 2 rings (SSSR count). The van der Waals surface area contributed by atoms with Crippen molar-refractivity contribution in [1.29, 1.82) is 0 Å². The number of nitrogens with one attached hydrogen (secondary N) is 2. The van der Waals surface area contributed by atoms with E-state index in [9.17, 15) is 8.78 Å². The maximum atomic E-state index is 13.8. The minimum atomic E-state index is -0.924. The fourth-order valence-electron chi connectivity index (χ4n) is 1.89. The molecule has 0 atom stereocenters. The zero-order chi connectivity index (χ0) is 15.6. The molecule has 2 aromatic rings. The molecule has 0 unspecified atom stereocenters. The van der Waals surface area contributed by atoms with Crippen LogP contribution in [0.4, 0.5) is 26.1 Å². The van der Waals surface area contributed by atoms with Crippen LogP contribution in [0.3, 0.4) is 0 Å². The highest BCUT2D eigenvalue weighted by molar-refractivity contribution is 5.65. The summed E-state index contributed by atoms with van der Waals surface area (Å²) >= 11 is 0. The Morgan fingerprint density at radius 3 is 2.38 bits per heavy atom. The molecule has 4 nitrogen and oxygen atoms in total. The molecule has 1 heterocycles. The first-order valence-electron chi connectivity index (χ1n) is 6.71. The fraction of sp³-hybridized carbons (Fsp3) is 0.333. The van der Waals surface area contributed by atoms with Gasteiger partial charge >= 0.3 is 0 Å². The number of aromatic nitrogens is 2. The van der Waals surface area contributed by atoms with Crippen LogP contribution in [0.5, 0.6) is 0 Å². The third-order valence-electron chi connectivity index (χ3n) is 3.12. The number of halogens is 2. The summed E-state index contributed by atoms with van der Waals surface area (Å²) in [5, 5.41) is 5.83. The largest absolute Gasteiger partial charge is 0.373 e. The first-order chi connectivity index (χ1) is 9.93. The van der Waals surface area contributed by atoms with Crippen molar-refractivity contribution in [3.8, 4) is 0 Å². The standard InChI is InChI=1S/C15H18F2N4/c1-8(2)13-20-14(18-4)9(3)15(21-13)19-11-7-5-6-10(16)12(11)17/h5-8H,1-4H3,(H2,18,19,20,21). The lowest BCUT2D eigenvalue weighted by Gasteiger charge is -2.15. The van der Waals surface area contributed by atoms with Gasteiger partial charge in [0.05, 0.1) is 5.69 Å². The summed E-state index contributed by atoms with van der Waals surface area (Å²) in [4.78, 5) is 8.80.